The first kappa shape index (κ1) is 8.19. The summed E-state index contributed by atoms with van der Waals surface area (Å²) in [5, 5.41) is 8.82. The van der Waals surface area contributed by atoms with Crippen LogP contribution in [0.15, 0.2) is 3.92 Å². The number of rotatable bonds is 1. The van der Waals surface area contributed by atoms with Crippen LogP contribution in [-0.4, -0.2) is 16.1 Å². The molecular formula is C7H6BrNO2S. The van der Waals surface area contributed by atoms with Crippen molar-refractivity contribution in [3.63, 3.8) is 0 Å². The van der Waals surface area contributed by atoms with E-state index in [2.05, 4.69) is 20.9 Å². The summed E-state index contributed by atoms with van der Waals surface area (Å²) in [5.74, 6) is -1.13. The molecule has 1 N–H and O–H groups in total. The van der Waals surface area contributed by atoms with Crippen LogP contribution in [0.2, 0.25) is 0 Å². The van der Waals surface area contributed by atoms with Crippen LogP contribution in [0.1, 0.15) is 22.9 Å². The summed E-state index contributed by atoms with van der Waals surface area (Å²) in [5.41, 5.74) is 0.763. The van der Waals surface area contributed by atoms with Crippen molar-refractivity contribution in [1.82, 2.24) is 4.98 Å². The van der Waals surface area contributed by atoms with Gasteiger partial charge < -0.3 is 5.11 Å². The summed E-state index contributed by atoms with van der Waals surface area (Å²) in [6.07, 6.45) is 1.56. The van der Waals surface area contributed by atoms with Gasteiger partial charge in [0.05, 0.1) is 5.69 Å². The van der Waals surface area contributed by atoms with E-state index < -0.39 is 5.97 Å². The van der Waals surface area contributed by atoms with E-state index in [-0.39, 0.29) is 5.92 Å². The number of thiazole rings is 1. The van der Waals surface area contributed by atoms with Crippen molar-refractivity contribution in [3.8, 4) is 0 Å². The third-order valence-corrected chi connectivity index (χ3v) is 3.57. The Bertz CT molecular complexity index is 336. The lowest BCUT2D eigenvalue weighted by molar-refractivity contribution is -0.138. The lowest BCUT2D eigenvalue weighted by Crippen LogP contribution is -2.08. The summed E-state index contributed by atoms with van der Waals surface area (Å²) >= 11 is 4.79. The molecule has 1 heterocycles. The molecule has 1 unspecified atom stereocenters. The van der Waals surface area contributed by atoms with Crippen molar-refractivity contribution >= 4 is 33.2 Å². The molecule has 0 amide bonds. The summed E-state index contributed by atoms with van der Waals surface area (Å²) < 4.78 is 0.790. The molecule has 5 heteroatoms. The van der Waals surface area contributed by atoms with Gasteiger partial charge in [-0.25, -0.2) is 4.98 Å². The summed E-state index contributed by atoms with van der Waals surface area (Å²) in [6, 6.07) is 0. The Kier molecular flexibility index (Phi) is 1.92. The van der Waals surface area contributed by atoms with Crippen LogP contribution in [0.25, 0.3) is 0 Å². The predicted octanol–water partition coefficient (Wildman–Crippen LogP) is 2.02. The Hall–Kier alpha value is -0.420. The number of hydrogen-bond acceptors (Lipinski definition) is 3. The Balaban J connectivity index is 2.41. The second kappa shape index (κ2) is 2.81. The zero-order valence-electron chi connectivity index (χ0n) is 6.08. The minimum absolute atomic E-state index is 0.373. The van der Waals surface area contributed by atoms with Gasteiger partial charge in [0, 0.05) is 4.88 Å². The fourth-order valence-corrected chi connectivity index (χ4v) is 3.07. The van der Waals surface area contributed by atoms with Gasteiger partial charge in [-0.05, 0) is 28.8 Å². The quantitative estimate of drug-likeness (QED) is 0.827. The SMILES string of the molecule is O=C(O)C1CCc2sc(Br)nc21. The molecule has 1 aliphatic rings. The highest BCUT2D eigenvalue weighted by Crippen LogP contribution is 2.37. The van der Waals surface area contributed by atoms with Crippen LogP contribution in [0.3, 0.4) is 0 Å². The molecule has 0 aromatic carbocycles. The topological polar surface area (TPSA) is 50.2 Å². The molecule has 12 heavy (non-hydrogen) atoms. The number of fused-ring (bicyclic) bond motifs is 1. The lowest BCUT2D eigenvalue weighted by atomic mass is 10.1. The largest absolute Gasteiger partial charge is 0.481 e. The maximum absolute atomic E-state index is 10.7. The molecular weight excluding hydrogens is 242 g/mol. The molecule has 3 nitrogen and oxygen atoms in total. The monoisotopic (exact) mass is 247 g/mol. The van der Waals surface area contributed by atoms with E-state index >= 15 is 0 Å². The smallest absolute Gasteiger partial charge is 0.312 e. The van der Waals surface area contributed by atoms with Gasteiger partial charge in [0.1, 0.15) is 5.92 Å². The molecule has 0 aliphatic heterocycles. The van der Waals surface area contributed by atoms with Crippen LogP contribution >= 0.6 is 27.3 Å². The number of aryl methyl sites for hydroxylation is 1. The minimum atomic E-state index is -0.758. The fraction of sp³-hybridized carbons (Fsp3) is 0.429. The number of carbonyl (C=O) groups is 1. The lowest BCUT2D eigenvalue weighted by Gasteiger charge is -1.99. The van der Waals surface area contributed by atoms with E-state index in [0.717, 1.165) is 20.9 Å². The third-order valence-electron chi connectivity index (χ3n) is 1.99. The Morgan fingerprint density at radius 3 is 3.17 bits per heavy atom. The fourth-order valence-electron chi connectivity index (χ4n) is 1.44. The highest BCUT2D eigenvalue weighted by atomic mass is 79.9. The number of aliphatic carboxylic acids is 1. The molecule has 2 rings (SSSR count). The van der Waals surface area contributed by atoms with Crippen molar-refractivity contribution < 1.29 is 9.90 Å². The van der Waals surface area contributed by atoms with E-state index in [1.165, 1.54) is 0 Å². The van der Waals surface area contributed by atoms with Gasteiger partial charge in [0.15, 0.2) is 3.92 Å². The summed E-state index contributed by atoms with van der Waals surface area (Å²) in [7, 11) is 0. The maximum Gasteiger partial charge on any atom is 0.312 e. The highest BCUT2D eigenvalue weighted by Gasteiger charge is 2.31. The summed E-state index contributed by atoms with van der Waals surface area (Å²) in [6.45, 7) is 0. The zero-order chi connectivity index (χ0) is 8.72. The molecule has 0 spiro atoms. The van der Waals surface area contributed by atoms with Gasteiger partial charge in [-0.15, -0.1) is 11.3 Å². The van der Waals surface area contributed by atoms with Crippen LogP contribution in [0.5, 0.6) is 0 Å². The van der Waals surface area contributed by atoms with E-state index in [0.29, 0.717) is 6.42 Å². The molecule has 0 fully saturated rings. The van der Waals surface area contributed by atoms with Crippen molar-refractivity contribution in [2.75, 3.05) is 0 Å². The number of carboxylic acid groups (broad SMARTS) is 1. The van der Waals surface area contributed by atoms with E-state index in [1.54, 1.807) is 11.3 Å². The molecule has 1 aliphatic carbocycles. The molecule has 0 bridgehead atoms. The molecule has 1 atom stereocenters. The first-order valence-corrected chi connectivity index (χ1v) is 5.17. The van der Waals surface area contributed by atoms with Crippen LogP contribution in [0.4, 0.5) is 0 Å². The Labute approximate surface area is 81.6 Å². The standard InChI is InChI=1S/C7H6BrNO2S/c8-7-9-5-3(6(10)11)1-2-4(5)12-7/h3H,1-2H2,(H,10,11). The number of halogens is 1. The molecule has 1 aromatic rings. The van der Waals surface area contributed by atoms with Gasteiger partial charge in [-0.3, -0.25) is 4.79 Å². The zero-order valence-corrected chi connectivity index (χ0v) is 8.48. The number of carboxylic acids is 1. The van der Waals surface area contributed by atoms with Gasteiger partial charge >= 0.3 is 5.97 Å². The average Bonchev–Trinajstić information content (AvgIpc) is 2.43. The van der Waals surface area contributed by atoms with Crippen molar-refractivity contribution in [1.29, 1.82) is 0 Å². The summed E-state index contributed by atoms with van der Waals surface area (Å²) in [4.78, 5) is 16.0. The second-order valence-corrected chi connectivity index (χ2v) is 5.06. The first-order chi connectivity index (χ1) is 5.68. The molecule has 1 aromatic heterocycles. The number of aromatic nitrogens is 1. The third kappa shape index (κ3) is 1.17. The van der Waals surface area contributed by atoms with Gasteiger partial charge in [0.25, 0.3) is 0 Å². The minimum Gasteiger partial charge on any atom is -0.481 e. The average molecular weight is 248 g/mol. The molecule has 64 valence electrons. The van der Waals surface area contributed by atoms with Gasteiger partial charge in [-0.2, -0.15) is 0 Å². The normalized spacial score (nSPS) is 20.9. The Morgan fingerprint density at radius 1 is 1.75 bits per heavy atom. The maximum atomic E-state index is 10.7. The van der Waals surface area contributed by atoms with Crippen molar-refractivity contribution in [3.05, 3.63) is 14.5 Å². The Morgan fingerprint density at radius 2 is 2.50 bits per heavy atom. The molecule has 0 saturated heterocycles. The van der Waals surface area contributed by atoms with Crippen LogP contribution in [0, 0.1) is 0 Å². The molecule has 0 saturated carbocycles. The van der Waals surface area contributed by atoms with Gasteiger partial charge in [-0.1, -0.05) is 0 Å². The first-order valence-electron chi connectivity index (χ1n) is 3.56. The van der Waals surface area contributed by atoms with Crippen molar-refractivity contribution in [2.24, 2.45) is 0 Å². The second-order valence-electron chi connectivity index (χ2n) is 2.70. The van der Waals surface area contributed by atoms with E-state index in [4.69, 9.17) is 5.11 Å². The molecule has 0 radical (unpaired) electrons. The highest BCUT2D eigenvalue weighted by molar-refractivity contribution is 9.11. The van der Waals surface area contributed by atoms with Crippen LogP contribution < -0.4 is 0 Å². The predicted molar refractivity (Wildman–Crippen MR) is 48.5 cm³/mol. The number of hydrogen-bond donors (Lipinski definition) is 1. The van der Waals surface area contributed by atoms with Crippen LogP contribution in [-0.2, 0) is 11.2 Å². The van der Waals surface area contributed by atoms with Crippen molar-refractivity contribution in [2.45, 2.75) is 18.8 Å². The van der Waals surface area contributed by atoms with E-state index in [9.17, 15) is 4.79 Å². The number of nitrogens with zero attached hydrogens (tertiary/aromatic N) is 1. The van der Waals surface area contributed by atoms with E-state index in [1.807, 2.05) is 0 Å². The van der Waals surface area contributed by atoms with Gasteiger partial charge in [0.2, 0.25) is 0 Å².